The number of hydrogen-bond acceptors (Lipinski definition) is 6. The van der Waals surface area contributed by atoms with E-state index in [1.807, 2.05) is 11.9 Å². The molecule has 0 N–H and O–H groups in total. The van der Waals surface area contributed by atoms with Gasteiger partial charge in [0.1, 0.15) is 0 Å². The van der Waals surface area contributed by atoms with Crippen LogP contribution in [0.2, 0.25) is 0 Å². The van der Waals surface area contributed by atoms with Crippen molar-refractivity contribution in [3.63, 3.8) is 0 Å². The van der Waals surface area contributed by atoms with E-state index in [0.29, 0.717) is 13.2 Å². The van der Waals surface area contributed by atoms with Gasteiger partial charge in [0, 0.05) is 6.54 Å². The lowest BCUT2D eigenvalue weighted by Crippen LogP contribution is -2.61. The molecule has 0 atom stereocenters. The molecule has 2 saturated heterocycles. The number of hydrogen-bond donors (Lipinski definition) is 0. The highest BCUT2D eigenvalue weighted by Gasteiger charge is 2.55. The Balaban J connectivity index is 2.05. The first kappa shape index (κ1) is 8.39. The molecule has 7 heteroatoms. The molecule has 0 aromatic rings. The summed E-state index contributed by atoms with van der Waals surface area (Å²) in [4.78, 5) is 1.87. The molecule has 0 aliphatic carbocycles. The lowest BCUT2D eigenvalue weighted by Gasteiger charge is -2.43. The average Bonchev–Trinajstić information content (AvgIpc) is 1.81. The van der Waals surface area contributed by atoms with Crippen LogP contribution in [0, 0.1) is 0 Å². The normalized spacial score (nSPS) is 33.1. The molecular formula is C5H9NO5S. The summed E-state index contributed by atoms with van der Waals surface area (Å²) in [6.07, 6.45) is 0. The van der Waals surface area contributed by atoms with E-state index in [4.69, 9.17) is 4.74 Å². The third-order valence-electron chi connectivity index (χ3n) is 1.72. The highest BCUT2D eigenvalue weighted by atomic mass is 32.3. The first-order valence-electron chi connectivity index (χ1n) is 3.50. The Hall–Kier alpha value is -0.210. The van der Waals surface area contributed by atoms with Gasteiger partial charge < -0.3 is 4.74 Å². The van der Waals surface area contributed by atoms with Crippen molar-refractivity contribution < 1.29 is 21.5 Å². The van der Waals surface area contributed by atoms with Crippen molar-refractivity contribution >= 4 is 10.4 Å². The molecule has 0 saturated carbocycles. The minimum atomic E-state index is -3.76. The minimum Gasteiger partial charge on any atom is -0.323 e. The first-order chi connectivity index (χ1) is 5.52. The molecule has 2 heterocycles. The Kier molecular flexibility index (Phi) is 1.67. The van der Waals surface area contributed by atoms with Crippen LogP contribution < -0.4 is 0 Å². The van der Waals surface area contributed by atoms with E-state index >= 15 is 0 Å². The fraction of sp³-hybridized carbons (Fsp3) is 1.00. The second kappa shape index (κ2) is 2.39. The molecule has 1 spiro atoms. The standard InChI is InChI=1S/C5H9NO5S/c1-6-2-3-9-5(4-6)10-12(7,8)11-5/h2-4H2,1H3. The van der Waals surface area contributed by atoms with Gasteiger partial charge in [0.2, 0.25) is 0 Å². The van der Waals surface area contributed by atoms with Crippen LogP contribution >= 0.6 is 0 Å². The summed E-state index contributed by atoms with van der Waals surface area (Å²) < 4.78 is 35.1. The molecule has 0 aromatic carbocycles. The highest BCUT2D eigenvalue weighted by molar-refractivity contribution is 7.82. The van der Waals surface area contributed by atoms with Crippen LogP contribution in [0.3, 0.4) is 0 Å². The van der Waals surface area contributed by atoms with Crippen LogP contribution in [0.25, 0.3) is 0 Å². The topological polar surface area (TPSA) is 65.1 Å². The Morgan fingerprint density at radius 3 is 2.58 bits per heavy atom. The van der Waals surface area contributed by atoms with Gasteiger partial charge >= 0.3 is 16.4 Å². The Labute approximate surface area is 70.3 Å². The molecule has 0 radical (unpaired) electrons. The SMILES string of the molecule is CN1CCOC2(C1)OS(=O)(=O)O2. The fourth-order valence-electron chi connectivity index (χ4n) is 1.23. The Morgan fingerprint density at radius 2 is 2.08 bits per heavy atom. The van der Waals surface area contributed by atoms with Gasteiger partial charge in [-0.1, -0.05) is 0 Å². The van der Waals surface area contributed by atoms with Gasteiger partial charge in [0.15, 0.2) is 0 Å². The summed E-state index contributed by atoms with van der Waals surface area (Å²) >= 11 is 0. The van der Waals surface area contributed by atoms with Crippen molar-refractivity contribution in [3.8, 4) is 0 Å². The molecule has 6 nitrogen and oxygen atoms in total. The molecule has 2 aliphatic rings. The zero-order valence-electron chi connectivity index (χ0n) is 6.52. The van der Waals surface area contributed by atoms with E-state index in [9.17, 15) is 8.42 Å². The summed E-state index contributed by atoms with van der Waals surface area (Å²) in [6.45, 7) is 1.47. The Morgan fingerprint density at radius 1 is 1.42 bits per heavy atom. The maximum Gasteiger partial charge on any atom is 0.409 e. The second-order valence-corrected chi connectivity index (χ2v) is 3.99. The quantitative estimate of drug-likeness (QED) is 0.488. The largest absolute Gasteiger partial charge is 0.409 e. The lowest BCUT2D eigenvalue weighted by atomic mass is 10.4. The van der Waals surface area contributed by atoms with Crippen LogP contribution in [0.4, 0.5) is 0 Å². The zero-order chi connectivity index (χ0) is 8.82. The van der Waals surface area contributed by atoms with Crippen molar-refractivity contribution in [2.75, 3.05) is 26.7 Å². The summed E-state index contributed by atoms with van der Waals surface area (Å²) in [6, 6.07) is 0. The van der Waals surface area contributed by atoms with E-state index < -0.39 is 16.4 Å². The average molecular weight is 195 g/mol. The van der Waals surface area contributed by atoms with Gasteiger partial charge in [-0.3, -0.25) is 4.90 Å². The molecule has 2 rings (SSSR count). The van der Waals surface area contributed by atoms with Crippen molar-refractivity contribution in [3.05, 3.63) is 0 Å². The third kappa shape index (κ3) is 1.34. The summed E-state index contributed by atoms with van der Waals surface area (Å²) in [7, 11) is -1.93. The van der Waals surface area contributed by atoms with Crippen LogP contribution in [0.1, 0.15) is 0 Å². The smallest absolute Gasteiger partial charge is 0.323 e. The first-order valence-corrected chi connectivity index (χ1v) is 4.83. The fourth-order valence-corrected chi connectivity index (χ4v) is 2.07. The number of morpholine rings is 1. The molecular weight excluding hydrogens is 186 g/mol. The van der Waals surface area contributed by atoms with E-state index in [1.165, 1.54) is 0 Å². The van der Waals surface area contributed by atoms with Gasteiger partial charge in [-0.05, 0) is 7.05 Å². The van der Waals surface area contributed by atoms with Crippen LogP contribution in [-0.4, -0.2) is 46.0 Å². The Bertz CT molecular complexity index is 274. The zero-order valence-corrected chi connectivity index (χ0v) is 7.33. The molecule has 0 unspecified atom stereocenters. The summed E-state index contributed by atoms with van der Waals surface area (Å²) in [5.41, 5.74) is 0. The number of likely N-dealkylation sites (N-methyl/N-ethyl adjacent to an activating group) is 1. The van der Waals surface area contributed by atoms with Crippen LogP contribution in [-0.2, 0) is 23.5 Å². The van der Waals surface area contributed by atoms with Crippen LogP contribution in [0.5, 0.6) is 0 Å². The van der Waals surface area contributed by atoms with Gasteiger partial charge in [-0.15, -0.1) is 0 Å². The van der Waals surface area contributed by atoms with Crippen molar-refractivity contribution in [2.45, 2.75) is 5.97 Å². The predicted molar refractivity (Wildman–Crippen MR) is 37.3 cm³/mol. The lowest BCUT2D eigenvalue weighted by molar-refractivity contribution is -0.368. The number of rotatable bonds is 0. The molecule has 2 fully saturated rings. The molecule has 0 bridgehead atoms. The van der Waals surface area contributed by atoms with Crippen molar-refractivity contribution in [1.82, 2.24) is 4.90 Å². The van der Waals surface area contributed by atoms with Gasteiger partial charge in [0.05, 0.1) is 13.2 Å². The monoisotopic (exact) mass is 195 g/mol. The van der Waals surface area contributed by atoms with E-state index in [2.05, 4.69) is 8.37 Å². The predicted octanol–water partition coefficient (Wildman–Crippen LogP) is -1.11. The van der Waals surface area contributed by atoms with E-state index in [0.717, 1.165) is 6.54 Å². The van der Waals surface area contributed by atoms with Gasteiger partial charge in [-0.2, -0.15) is 16.8 Å². The van der Waals surface area contributed by atoms with Crippen LogP contribution in [0.15, 0.2) is 0 Å². The van der Waals surface area contributed by atoms with Crippen molar-refractivity contribution in [2.24, 2.45) is 0 Å². The van der Waals surface area contributed by atoms with E-state index in [1.54, 1.807) is 0 Å². The maximum absolute atomic E-state index is 10.5. The minimum absolute atomic E-state index is 0.312. The van der Waals surface area contributed by atoms with Gasteiger partial charge in [-0.25, -0.2) is 0 Å². The van der Waals surface area contributed by atoms with Gasteiger partial charge in [0.25, 0.3) is 0 Å². The molecule has 12 heavy (non-hydrogen) atoms. The molecule has 0 amide bonds. The molecule has 70 valence electrons. The maximum atomic E-state index is 10.5. The summed E-state index contributed by atoms with van der Waals surface area (Å²) in [5, 5.41) is 0. The number of nitrogens with zero attached hydrogens (tertiary/aromatic N) is 1. The van der Waals surface area contributed by atoms with E-state index in [-0.39, 0.29) is 0 Å². The highest BCUT2D eigenvalue weighted by Crippen LogP contribution is 2.34. The third-order valence-corrected chi connectivity index (χ3v) is 2.63. The molecule has 0 aromatic heterocycles. The van der Waals surface area contributed by atoms with Crippen molar-refractivity contribution in [1.29, 1.82) is 0 Å². The molecule has 2 aliphatic heterocycles. The second-order valence-electron chi connectivity index (χ2n) is 2.84. The number of ether oxygens (including phenoxy) is 1. The summed E-state index contributed by atoms with van der Waals surface area (Å²) in [5.74, 6) is -1.36.